The van der Waals surface area contributed by atoms with Crippen molar-refractivity contribution in [2.75, 3.05) is 5.73 Å². The Morgan fingerprint density at radius 2 is 2.19 bits per heavy atom. The minimum Gasteiger partial charge on any atom is -0.399 e. The van der Waals surface area contributed by atoms with Crippen molar-refractivity contribution in [1.29, 1.82) is 0 Å². The van der Waals surface area contributed by atoms with Crippen molar-refractivity contribution in [3.8, 4) is 0 Å². The van der Waals surface area contributed by atoms with Crippen molar-refractivity contribution in [2.45, 2.75) is 19.8 Å². The van der Waals surface area contributed by atoms with Crippen molar-refractivity contribution in [1.82, 2.24) is 5.48 Å². The number of hydrogen-bond donors (Lipinski definition) is 2. The molecule has 0 fully saturated rings. The van der Waals surface area contributed by atoms with E-state index in [1.807, 2.05) is 6.92 Å². The van der Waals surface area contributed by atoms with Gasteiger partial charge in [-0.05, 0) is 24.6 Å². The normalized spacial score (nSPS) is 9.56. The number of amides is 1. The number of nitrogens with two attached hydrogens (primary N) is 1. The highest BCUT2D eigenvalue weighted by molar-refractivity contribution is 5.94. The second-order valence-electron chi connectivity index (χ2n) is 3.28. The highest BCUT2D eigenvalue weighted by Gasteiger charge is 2.08. The van der Waals surface area contributed by atoms with Crippen molar-refractivity contribution < 1.29 is 14.4 Å². The van der Waals surface area contributed by atoms with Gasteiger partial charge in [0.2, 0.25) is 0 Å². The molecular formula is C11H14N2O3. The monoisotopic (exact) mass is 222 g/mol. The molecule has 0 spiro atoms. The second-order valence-corrected chi connectivity index (χ2v) is 3.28. The first-order chi connectivity index (χ1) is 7.63. The first-order valence-electron chi connectivity index (χ1n) is 4.99. The van der Waals surface area contributed by atoms with Gasteiger partial charge < -0.3 is 10.6 Å². The summed E-state index contributed by atoms with van der Waals surface area (Å²) in [5.41, 5.74) is 8.41. The molecule has 0 aliphatic heterocycles. The van der Waals surface area contributed by atoms with Gasteiger partial charge in [-0.2, -0.15) is 5.48 Å². The molecule has 1 rings (SSSR count). The van der Waals surface area contributed by atoms with E-state index >= 15 is 0 Å². The summed E-state index contributed by atoms with van der Waals surface area (Å²) in [6.07, 6.45) is 0.949. The fourth-order valence-corrected chi connectivity index (χ4v) is 1.10. The lowest BCUT2D eigenvalue weighted by Crippen LogP contribution is -2.26. The van der Waals surface area contributed by atoms with Gasteiger partial charge in [-0.3, -0.25) is 4.79 Å². The molecule has 1 amide bonds. The van der Waals surface area contributed by atoms with E-state index in [9.17, 15) is 9.59 Å². The van der Waals surface area contributed by atoms with Crippen molar-refractivity contribution in [2.24, 2.45) is 0 Å². The maximum atomic E-state index is 11.5. The van der Waals surface area contributed by atoms with Crippen LogP contribution in [0.25, 0.3) is 0 Å². The van der Waals surface area contributed by atoms with Gasteiger partial charge in [0, 0.05) is 17.7 Å². The van der Waals surface area contributed by atoms with E-state index in [1.54, 1.807) is 18.2 Å². The van der Waals surface area contributed by atoms with Gasteiger partial charge in [-0.25, -0.2) is 4.79 Å². The van der Waals surface area contributed by atoms with Gasteiger partial charge in [0.25, 0.3) is 5.91 Å². The average molecular weight is 222 g/mol. The lowest BCUT2D eigenvalue weighted by Gasteiger charge is -2.05. The maximum absolute atomic E-state index is 11.5. The minimum absolute atomic E-state index is 0.275. The number of rotatable bonds is 3. The van der Waals surface area contributed by atoms with Crippen LogP contribution >= 0.6 is 0 Å². The topological polar surface area (TPSA) is 81.4 Å². The van der Waals surface area contributed by atoms with E-state index in [2.05, 4.69) is 10.3 Å². The van der Waals surface area contributed by atoms with Crippen LogP contribution in [-0.2, 0) is 9.63 Å². The first-order valence-corrected chi connectivity index (χ1v) is 4.99. The molecule has 1 aromatic carbocycles. The Labute approximate surface area is 93.5 Å². The van der Waals surface area contributed by atoms with Crippen LogP contribution in [-0.4, -0.2) is 11.9 Å². The Hall–Kier alpha value is -2.04. The lowest BCUT2D eigenvalue weighted by atomic mass is 10.2. The van der Waals surface area contributed by atoms with Crippen LogP contribution in [0.1, 0.15) is 30.1 Å². The second kappa shape index (κ2) is 5.75. The summed E-state index contributed by atoms with van der Waals surface area (Å²) in [5, 5.41) is 0. The van der Waals surface area contributed by atoms with Gasteiger partial charge >= 0.3 is 5.97 Å². The van der Waals surface area contributed by atoms with Gasteiger partial charge in [0.15, 0.2) is 0 Å². The molecule has 0 aromatic heterocycles. The standard InChI is InChI=1S/C11H14N2O3/c1-2-4-10(14)16-13-11(15)8-5-3-6-9(12)7-8/h3,5-7H,2,4,12H2,1H3,(H,13,15). The molecule has 0 saturated heterocycles. The molecule has 0 bridgehead atoms. The van der Waals surface area contributed by atoms with E-state index in [1.165, 1.54) is 6.07 Å². The lowest BCUT2D eigenvalue weighted by molar-refractivity contribution is -0.149. The quantitative estimate of drug-likeness (QED) is 0.595. The van der Waals surface area contributed by atoms with E-state index in [0.717, 1.165) is 0 Å². The van der Waals surface area contributed by atoms with Crippen molar-refractivity contribution in [3.63, 3.8) is 0 Å². The average Bonchev–Trinajstić information content (AvgIpc) is 2.26. The molecule has 16 heavy (non-hydrogen) atoms. The highest BCUT2D eigenvalue weighted by atomic mass is 16.7. The molecule has 0 aliphatic rings. The molecule has 0 aliphatic carbocycles. The predicted molar refractivity (Wildman–Crippen MR) is 59.3 cm³/mol. The van der Waals surface area contributed by atoms with Gasteiger partial charge in [0.1, 0.15) is 0 Å². The molecular weight excluding hydrogens is 208 g/mol. The molecule has 0 unspecified atom stereocenters. The summed E-state index contributed by atoms with van der Waals surface area (Å²) in [6, 6.07) is 6.40. The zero-order chi connectivity index (χ0) is 12.0. The third-order valence-electron chi connectivity index (χ3n) is 1.86. The summed E-state index contributed by atoms with van der Waals surface area (Å²) < 4.78 is 0. The van der Waals surface area contributed by atoms with Gasteiger partial charge in [-0.15, -0.1) is 0 Å². The molecule has 5 heteroatoms. The van der Waals surface area contributed by atoms with Crippen LogP contribution in [0.2, 0.25) is 0 Å². The van der Waals surface area contributed by atoms with Crippen molar-refractivity contribution in [3.05, 3.63) is 29.8 Å². The zero-order valence-corrected chi connectivity index (χ0v) is 9.03. The van der Waals surface area contributed by atoms with Crippen LogP contribution in [0.4, 0.5) is 5.69 Å². The fraction of sp³-hybridized carbons (Fsp3) is 0.273. The molecule has 0 saturated carbocycles. The fourth-order valence-electron chi connectivity index (χ4n) is 1.10. The Kier molecular flexibility index (Phi) is 4.32. The predicted octanol–water partition coefficient (Wildman–Crippen LogP) is 1.26. The van der Waals surface area contributed by atoms with Crippen LogP contribution in [0, 0.1) is 0 Å². The smallest absolute Gasteiger partial charge is 0.332 e. The largest absolute Gasteiger partial charge is 0.399 e. The minimum atomic E-state index is -0.489. The molecule has 5 nitrogen and oxygen atoms in total. The number of carbonyl (C=O) groups is 2. The Balaban J connectivity index is 2.50. The van der Waals surface area contributed by atoms with Crippen molar-refractivity contribution >= 4 is 17.6 Å². The number of nitrogen functional groups attached to an aromatic ring is 1. The Morgan fingerprint density at radius 3 is 2.81 bits per heavy atom. The van der Waals surface area contributed by atoms with E-state index < -0.39 is 11.9 Å². The summed E-state index contributed by atoms with van der Waals surface area (Å²) in [7, 11) is 0. The number of nitrogens with one attached hydrogen (secondary N) is 1. The zero-order valence-electron chi connectivity index (χ0n) is 9.03. The Bertz CT molecular complexity index is 391. The maximum Gasteiger partial charge on any atom is 0.332 e. The van der Waals surface area contributed by atoms with Crippen LogP contribution in [0.3, 0.4) is 0 Å². The number of hydrogen-bond acceptors (Lipinski definition) is 4. The van der Waals surface area contributed by atoms with E-state index in [0.29, 0.717) is 17.7 Å². The molecule has 3 N–H and O–H groups in total. The molecule has 0 heterocycles. The molecule has 86 valence electrons. The summed E-state index contributed by atoms with van der Waals surface area (Å²) >= 11 is 0. The third kappa shape index (κ3) is 3.61. The van der Waals surface area contributed by atoms with Gasteiger partial charge in [-0.1, -0.05) is 13.0 Å². The van der Waals surface area contributed by atoms with Crippen LogP contribution < -0.4 is 11.2 Å². The van der Waals surface area contributed by atoms with Gasteiger partial charge in [0.05, 0.1) is 0 Å². The summed E-state index contributed by atoms with van der Waals surface area (Å²) in [6.45, 7) is 1.85. The summed E-state index contributed by atoms with van der Waals surface area (Å²) in [4.78, 5) is 27.0. The summed E-state index contributed by atoms with van der Waals surface area (Å²) in [5.74, 6) is -0.948. The molecule has 0 radical (unpaired) electrons. The number of carbonyl (C=O) groups excluding carboxylic acids is 2. The number of benzene rings is 1. The first kappa shape index (κ1) is 12.0. The molecule has 0 atom stereocenters. The molecule has 1 aromatic rings. The van der Waals surface area contributed by atoms with Crippen LogP contribution in [0.5, 0.6) is 0 Å². The van der Waals surface area contributed by atoms with Crippen LogP contribution in [0.15, 0.2) is 24.3 Å². The van der Waals surface area contributed by atoms with E-state index in [-0.39, 0.29) is 6.42 Å². The Morgan fingerprint density at radius 1 is 1.44 bits per heavy atom. The number of hydroxylamine groups is 1. The SMILES string of the molecule is CCCC(=O)ONC(=O)c1cccc(N)c1. The third-order valence-corrected chi connectivity index (χ3v) is 1.86. The van der Waals surface area contributed by atoms with E-state index in [4.69, 9.17) is 5.73 Å². The number of anilines is 1. The highest BCUT2D eigenvalue weighted by Crippen LogP contribution is 2.06.